The lowest BCUT2D eigenvalue weighted by Gasteiger charge is -2.06. The molecule has 0 aliphatic heterocycles. The van der Waals surface area contributed by atoms with E-state index < -0.39 is 5.97 Å². The molecule has 0 spiro atoms. The van der Waals surface area contributed by atoms with Crippen LogP contribution in [0.2, 0.25) is 0 Å². The highest BCUT2D eigenvalue weighted by Gasteiger charge is 2.14. The third-order valence-corrected chi connectivity index (χ3v) is 2.72. The standard InChI is InChI=1S/C12H15N5O2/c1-8-14-4-3-9(16-8)5-13-7-11-10(12(18)19)6-15-17(11)2/h3-4,6,13H,5,7H2,1-2H3,(H,18,19). The number of carboxylic acids is 1. The number of aromatic carboxylic acids is 1. The van der Waals surface area contributed by atoms with E-state index in [1.54, 1.807) is 17.9 Å². The summed E-state index contributed by atoms with van der Waals surface area (Å²) in [7, 11) is 1.72. The van der Waals surface area contributed by atoms with Crippen molar-refractivity contribution in [3.63, 3.8) is 0 Å². The molecule has 2 rings (SSSR count). The van der Waals surface area contributed by atoms with E-state index in [1.807, 2.05) is 13.0 Å². The van der Waals surface area contributed by atoms with Crippen molar-refractivity contribution < 1.29 is 9.90 Å². The van der Waals surface area contributed by atoms with Gasteiger partial charge in [-0.15, -0.1) is 0 Å². The first-order valence-electron chi connectivity index (χ1n) is 5.81. The summed E-state index contributed by atoms with van der Waals surface area (Å²) in [5, 5.41) is 16.1. The van der Waals surface area contributed by atoms with Crippen molar-refractivity contribution in [2.75, 3.05) is 0 Å². The summed E-state index contributed by atoms with van der Waals surface area (Å²) in [5.41, 5.74) is 1.72. The Hall–Kier alpha value is -2.28. The maximum atomic E-state index is 11.0. The number of carboxylic acid groups (broad SMARTS) is 1. The molecule has 0 amide bonds. The van der Waals surface area contributed by atoms with Crippen LogP contribution >= 0.6 is 0 Å². The predicted octanol–water partition coefficient (Wildman–Crippen LogP) is 0.507. The van der Waals surface area contributed by atoms with Crippen LogP contribution in [0.5, 0.6) is 0 Å². The summed E-state index contributed by atoms with van der Waals surface area (Å²) < 4.78 is 1.56. The van der Waals surface area contributed by atoms with Crippen molar-refractivity contribution in [1.82, 2.24) is 25.1 Å². The summed E-state index contributed by atoms with van der Waals surface area (Å²) in [5.74, 6) is -0.256. The number of rotatable bonds is 5. The van der Waals surface area contributed by atoms with Gasteiger partial charge in [-0.1, -0.05) is 0 Å². The van der Waals surface area contributed by atoms with E-state index in [1.165, 1.54) is 6.20 Å². The van der Waals surface area contributed by atoms with Crippen LogP contribution in [0.15, 0.2) is 18.5 Å². The average Bonchev–Trinajstić information content (AvgIpc) is 2.71. The second-order valence-electron chi connectivity index (χ2n) is 4.13. The third kappa shape index (κ3) is 3.14. The van der Waals surface area contributed by atoms with Crippen molar-refractivity contribution in [3.05, 3.63) is 41.2 Å². The fraction of sp³-hybridized carbons (Fsp3) is 0.333. The highest BCUT2D eigenvalue weighted by molar-refractivity contribution is 5.88. The zero-order valence-corrected chi connectivity index (χ0v) is 10.8. The topological polar surface area (TPSA) is 92.9 Å². The van der Waals surface area contributed by atoms with Gasteiger partial charge in [0.2, 0.25) is 0 Å². The third-order valence-electron chi connectivity index (χ3n) is 2.72. The van der Waals surface area contributed by atoms with Crippen LogP contribution in [0.3, 0.4) is 0 Å². The summed E-state index contributed by atoms with van der Waals surface area (Å²) >= 11 is 0. The molecule has 0 saturated carbocycles. The Morgan fingerprint density at radius 2 is 2.26 bits per heavy atom. The second-order valence-corrected chi connectivity index (χ2v) is 4.13. The van der Waals surface area contributed by atoms with Crippen molar-refractivity contribution in [2.24, 2.45) is 7.05 Å². The van der Waals surface area contributed by atoms with E-state index in [4.69, 9.17) is 5.11 Å². The molecule has 0 radical (unpaired) electrons. The normalized spacial score (nSPS) is 10.6. The maximum absolute atomic E-state index is 11.0. The number of hydrogen-bond donors (Lipinski definition) is 2. The first-order chi connectivity index (χ1) is 9.08. The number of nitrogens with one attached hydrogen (secondary N) is 1. The van der Waals surface area contributed by atoms with E-state index in [9.17, 15) is 4.79 Å². The lowest BCUT2D eigenvalue weighted by atomic mass is 10.2. The monoisotopic (exact) mass is 261 g/mol. The fourth-order valence-corrected chi connectivity index (χ4v) is 1.76. The van der Waals surface area contributed by atoms with Crippen LogP contribution in [0.4, 0.5) is 0 Å². The Bertz CT molecular complexity index is 594. The highest BCUT2D eigenvalue weighted by Crippen LogP contribution is 2.07. The van der Waals surface area contributed by atoms with E-state index in [-0.39, 0.29) is 5.56 Å². The Kier molecular flexibility index (Phi) is 3.86. The molecule has 2 heterocycles. The first-order valence-corrected chi connectivity index (χ1v) is 5.81. The molecule has 0 aliphatic carbocycles. The minimum absolute atomic E-state index is 0.217. The van der Waals surface area contributed by atoms with Gasteiger partial charge in [-0.05, 0) is 13.0 Å². The number of aryl methyl sites for hydroxylation is 2. The number of hydrogen-bond acceptors (Lipinski definition) is 5. The summed E-state index contributed by atoms with van der Waals surface area (Å²) in [6.07, 6.45) is 3.06. The molecular weight excluding hydrogens is 246 g/mol. The van der Waals surface area contributed by atoms with Crippen molar-refractivity contribution in [3.8, 4) is 0 Å². The molecule has 2 aromatic rings. The number of carbonyl (C=O) groups is 1. The molecule has 7 heteroatoms. The van der Waals surface area contributed by atoms with Crippen molar-refractivity contribution in [1.29, 1.82) is 0 Å². The Morgan fingerprint density at radius 1 is 1.47 bits per heavy atom. The van der Waals surface area contributed by atoms with E-state index in [2.05, 4.69) is 20.4 Å². The van der Waals surface area contributed by atoms with Crippen LogP contribution in [0.25, 0.3) is 0 Å². The largest absolute Gasteiger partial charge is 0.478 e. The van der Waals surface area contributed by atoms with Gasteiger partial charge >= 0.3 is 5.97 Å². The van der Waals surface area contributed by atoms with Crippen LogP contribution in [-0.4, -0.2) is 30.8 Å². The molecule has 0 bridgehead atoms. The Balaban J connectivity index is 2.00. The Labute approximate surface area is 110 Å². The van der Waals surface area contributed by atoms with Crippen LogP contribution in [0, 0.1) is 6.92 Å². The summed E-state index contributed by atoms with van der Waals surface area (Å²) in [4.78, 5) is 19.3. The highest BCUT2D eigenvalue weighted by atomic mass is 16.4. The van der Waals surface area contributed by atoms with Gasteiger partial charge in [0.15, 0.2) is 0 Å². The van der Waals surface area contributed by atoms with Crippen LogP contribution in [-0.2, 0) is 20.1 Å². The second kappa shape index (κ2) is 5.57. The van der Waals surface area contributed by atoms with E-state index in [0.29, 0.717) is 24.6 Å². The fourth-order valence-electron chi connectivity index (χ4n) is 1.76. The van der Waals surface area contributed by atoms with Gasteiger partial charge < -0.3 is 10.4 Å². The van der Waals surface area contributed by atoms with Gasteiger partial charge in [-0.3, -0.25) is 4.68 Å². The lowest BCUT2D eigenvalue weighted by Crippen LogP contribution is -2.18. The van der Waals surface area contributed by atoms with Gasteiger partial charge in [-0.2, -0.15) is 5.10 Å². The Morgan fingerprint density at radius 3 is 2.95 bits per heavy atom. The summed E-state index contributed by atoms with van der Waals surface area (Å²) in [6.45, 7) is 2.79. The van der Waals surface area contributed by atoms with Crippen LogP contribution < -0.4 is 5.32 Å². The molecule has 0 unspecified atom stereocenters. The van der Waals surface area contributed by atoms with Gasteiger partial charge in [0.25, 0.3) is 0 Å². The molecule has 0 atom stereocenters. The maximum Gasteiger partial charge on any atom is 0.339 e. The quantitative estimate of drug-likeness (QED) is 0.814. The molecule has 0 aromatic carbocycles. The molecule has 7 nitrogen and oxygen atoms in total. The molecule has 19 heavy (non-hydrogen) atoms. The molecule has 2 N–H and O–H groups in total. The zero-order chi connectivity index (χ0) is 13.8. The van der Waals surface area contributed by atoms with Gasteiger partial charge in [0.1, 0.15) is 11.4 Å². The number of aromatic nitrogens is 4. The first kappa shape index (κ1) is 13.2. The van der Waals surface area contributed by atoms with E-state index in [0.717, 1.165) is 5.69 Å². The predicted molar refractivity (Wildman–Crippen MR) is 67.5 cm³/mol. The molecule has 0 aliphatic rings. The minimum atomic E-state index is -0.970. The van der Waals surface area contributed by atoms with Crippen LogP contribution in [0.1, 0.15) is 27.6 Å². The summed E-state index contributed by atoms with van der Waals surface area (Å²) in [6, 6.07) is 1.82. The molecule has 2 aromatic heterocycles. The minimum Gasteiger partial charge on any atom is -0.478 e. The SMILES string of the molecule is Cc1nccc(CNCc2c(C(=O)O)cnn2C)n1. The van der Waals surface area contributed by atoms with E-state index >= 15 is 0 Å². The number of nitrogens with zero attached hydrogens (tertiary/aromatic N) is 4. The smallest absolute Gasteiger partial charge is 0.339 e. The average molecular weight is 261 g/mol. The van der Waals surface area contributed by atoms with Gasteiger partial charge in [0.05, 0.1) is 17.6 Å². The zero-order valence-electron chi connectivity index (χ0n) is 10.8. The lowest BCUT2D eigenvalue weighted by molar-refractivity contribution is 0.0695. The van der Waals surface area contributed by atoms with Gasteiger partial charge in [0, 0.05) is 26.3 Å². The molecular formula is C12H15N5O2. The van der Waals surface area contributed by atoms with Crippen molar-refractivity contribution in [2.45, 2.75) is 20.0 Å². The van der Waals surface area contributed by atoms with Crippen molar-refractivity contribution >= 4 is 5.97 Å². The molecule has 0 fully saturated rings. The molecule has 0 saturated heterocycles. The van der Waals surface area contributed by atoms with Gasteiger partial charge in [-0.25, -0.2) is 14.8 Å². The molecule has 100 valence electrons.